The van der Waals surface area contributed by atoms with Gasteiger partial charge in [0.1, 0.15) is 20.1 Å². The smallest absolute Gasteiger partial charge is 0.348 e. The number of nitrogens with zero attached hydrogens (tertiary/aromatic N) is 1. The lowest BCUT2D eigenvalue weighted by molar-refractivity contribution is -0.119. The molecule has 162 valence electrons. The average Bonchev–Trinajstić information content (AvgIpc) is 3.42. The maximum Gasteiger partial charge on any atom is 0.348 e. The summed E-state index contributed by atoms with van der Waals surface area (Å²) < 4.78 is 32.1. The van der Waals surface area contributed by atoms with Crippen molar-refractivity contribution < 1.29 is 27.5 Å². The van der Waals surface area contributed by atoms with Gasteiger partial charge in [0, 0.05) is 6.54 Å². The van der Waals surface area contributed by atoms with Crippen LogP contribution in [0.3, 0.4) is 0 Å². The van der Waals surface area contributed by atoms with Crippen molar-refractivity contribution in [3.63, 3.8) is 0 Å². The lowest BCUT2D eigenvalue weighted by Crippen LogP contribution is -2.43. The summed E-state index contributed by atoms with van der Waals surface area (Å²) in [4.78, 5) is 37.2. The molecule has 1 aliphatic heterocycles. The first-order valence-electron chi connectivity index (χ1n) is 9.15. The van der Waals surface area contributed by atoms with Crippen molar-refractivity contribution in [1.29, 1.82) is 0 Å². The predicted molar refractivity (Wildman–Crippen MR) is 113 cm³/mol. The minimum atomic E-state index is -3.80. The zero-order valence-electron chi connectivity index (χ0n) is 16.3. The lowest BCUT2D eigenvalue weighted by Gasteiger charge is -2.22. The molecule has 0 radical (unpaired) electrons. The van der Waals surface area contributed by atoms with Gasteiger partial charge in [-0.25, -0.2) is 13.2 Å². The Labute approximate surface area is 181 Å². The number of ether oxygens (including phenoxy) is 1. The Morgan fingerprint density at radius 2 is 2.10 bits per heavy atom. The van der Waals surface area contributed by atoms with Gasteiger partial charge in [0.05, 0.1) is 12.2 Å². The van der Waals surface area contributed by atoms with E-state index >= 15 is 0 Å². The molecule has 9 nitrogen and oxygen atoms in total. The Morgan fingerprint density at radius 1 is 1.37 bits per heavy atom. The number of nitrogens with two attached hydrogens (primary N) is 1. The summed E-state index contributed by atoms with van der Waals surface area (Å²) in [5, 5.41) is 4.37. The van der Waals surface area contributed by atoms with Crippen molar-refractivity contribution in [1.82, 2.24) is 4.31 Å². The van der Waals surface area contributed by atoms with E-state index in [1.165, 1.54) is 10.4 Å². The van der Waals surface area contributed by atoms with Gasteiger partial charge in [-0.3, -0.25) is 9.59 Å². The van der Waals surface area contributed by atoms with E-state index in [-0.39, 0.29) is 32.8 Å². The Bertz CT molecular complexity index is 1080. The third kappa shape index (κ3) is 4.13. The van der Waals surface area contributed by atoms with Crippen LogP contribution in [0.25, 0.3) is 0 Å². The second-order valence-corrected chi connectivity index (χ2v) is 10.6. The summed E-state index contributed by atoms with van der Waals surface area (Å²) in [5.41, 5.74) is 5.78. The Morgan fingerprint density at radius 3 is 2.70 bits per heavy atom. The summed E-state index contributed by atoms with van der Waals surface area (Å²) >= 11 is 1.96. The second-order valence-electron chi connectivity index (χ2n) is 6.54. The Kier molecular flexibility index (Phi) is 6.60. The molecule has 3 rings (SSSR count). The molecule has 2 aromatic rings. The minimum absolute atomic E-state index is 0.0158. The van der Waals surface area contributed by atoms with Crippen molar-refractivity contribution in [2.75, 3.05) is 18.5 Å². The third-order valence-electron chi connectivity index (χ3n) is 4.66. The number of rotatable bonds is 7. The van der Waals surface area contributed by atoms with Crippen LogP contribution in [0.2, 0.25) is 0 Å². The van der Waals surface area contributed by atoms with Crippen LogP contribution in [0, 0.1) is 6.92 Å². The van der Waals surface area contributed by atoms with E-state index in [2.05, 4.69) is 5.32 Å². The normalized spacial score (nSPS) is 17.1. The SMILES string of the molecule is CCOC(=O)c1sc(NC(=O)C2CCCN2S(=O)(=O)c2cccs2)c(C(N)=O)c1C. The molecule has 3 N–H and O–H groups in total. The fourth-order valence-electron chi connectivity index (χ4n) is 3.30. The van der Waals surface area contributed by atoms with E-state index in [9.17, 15) is 22.8 Å². The van der Waals surface area contributed by atoms with Crippen LogP contribution in [-0.2, 0) is 19.6 Å². The Hall–Kier alpha value is -2.28. The average molecular weight is 472 g/mol. The zero-order valence-corrected chi connectivity index (χ0v) is 18.8. The van der Waals surface area contributed by atoms with E-state index in [1.807, 2.05) is 0 Å². The molecular formula is C18H21N3O6S3. The first kappa shape index (κ1) is 22.4. The molecule has 0 aromatic carbocycles. The summed E-state index contributed by atoms with van der Waals surface area (Å²) in [6, 6.07) is 2.20. The molecule has 1 fully saturated rings. The van der Waals surface area contributed by atoms with Crippen molar-refractivity contribution in [2.45, 2.75) is 36.9 Å². The molecule has 3 heterocycles. The fraction of sp³-hybridized carbons (Fsp3) is 0.389. The maximum absolute atomic E-state index is 13.0. The van der Waals surface area contributed by atoms with Gasteiger partial charge >= 0.3 is 5.97 Å². The van der Waals surface area contributed by atoms with E-state index in [4.69, 9.17) is 10.5 Å². The number of carbonyl (C=O) groups excluding carboxylic acids is 3. The number of hydrogen-bond donors (Lipinski definition) is 2. The molecule has 0 spiro atoms. The molecule has 2 amide bonds. The topological polar surface area (TPSA) is 136 Å². The highest BCUT2D eigenvalue weighted by Crippen LogP contribution is 2.35. The van der Waals surface area contributed by atoms with Crippen molar-refractivity contribution in [2.24, 2.45) is 5.73 Å². The molecule has 2 aromatic heterocycles. The van der Waals surface area contributed by atoms with Gasteiger partial charge in [0.2, 0.25) is 5.91 Å². The standard InChI is InChI=1S/C18H21N3O6S3/c1-3-27-18(24)14-10(2)13(15(19)22)17(29-14)20-16(23)11-6-4-8-21(11)30(25,26)12-7-5-9-28-12/h5,7,9,11H,3-4,6,8H2,1-2H3,(H2,19,22)(H,20,23). The molecule has 0 saturated carbocycles. The van der Waals surface area contributed by atoms with E-state index in [0.717, 1.165) is 22.7 Å². The highest BCUT2D eigenvalue weighted by Gasteiger charge is 2.40. The first-order valence-corrected chi connectivity index (χ1v) is 12.3. The number of amides is 2. The lowest BCUT2D eigenvalue weighted by atomic mass is 10.1. The highest BCUT2D eigenvalue weighted by molar-refractivity contribution is 7.91. The molecule has 0 bridgehead atoms. The molecule has 1 unspecified atom stereocenters. The second kappa shape index (κ2) is 8.84. The van der Waals surface area contributed by atoms with Crippen LogP contribution in [0.15, 0.2) is 21.7 Å². The molecule has 30 heavy (non-hydrogen) atoms. The maximum atomic E-state index is 13.0. The summed E-state index contributed by atoms with van der Waals surface area (Å²) in [7, 11) is -3.80. The number of nitrogens with one attached hydrogen (secondary N) is 1. The number of anilines is 1. The monoisotopic (exact) mass is 471 g/mol. The van der Waals surface area contributed by atoms with Gasteiger partial charge < -0.3 is 15.8 Å². The van der Waals surface area contributed by atoms with Crippen LogP contribution in [-0.4, -0.2) is 49.7 Å². The Balaban J connectivity index is 1.89. The summed E-state index contributed by atoms with van der Waals surface area (Å²) in [6.45, 7) is 3.57. The fourth-order valence-corrected chi connectivity index (χ4v) is 7.19. The van der Waals surface area contributed by atoms with E-state index in [1.54, 1.807) is 25.3 Å². The van der Waals surface area contributed by atoms with E-state index < -0.39 is 33.8 Å². The zero-order chi connectivity index (χ0) is 22.1. The molecule has 1 atom stereocenters. The quantitative estimate of drug-likeness (QED) is 0.594. The van der Waals surface area contributed by atoms with Crippen LogP contribution >= 0.6 is 22.7 Å². The van der Waals surface area contributed by atoms with Gasteiger partial charge in [0.25, 0.3) is 15.9 Å². The van der Waals surface area contributed by atoms with E-state index in [0.29, 0.717) is 18.4 Å². The predicted octanol–water partition coefficient (Wildman–Crippen LogP) is 2.19. The van der Waals surface area contributed by atoms with Gasteiger partial charge in [0.15, 0.2) is 0 Å². The summed E-state index contributed by atoms with van der Waals surface area (Å²) in [6.07, 6.45) is 0.875. The molecule has 1 saturated heterocycles. The van der Waals surface area contributed by atoms with Crippen LogP contribution < -0.4 is 11.1 Å². The van der Waals surface area contributed by atoms with Crippen LogP contribution in [0.4, 0.5) is 5.00 Å². The minimum Gasteiger partial charge on any atom is -0.462 e. The van der Waals surface area contributed by atoms with Gasteiger partial charge in [-0.05, 0) is 43.7 Å². The van der Waals surface area contributed by atoms with Crippen LogP contribution in [0.1, 0.15) is 45.4 Å². The van der Waals surface area contributed by atoms with Crippen LogP contribution in [0.5, 0.6) is 0 Å². The summed E-state index contributed by atoms with van der Waals surface area (Å²) in [5.74, 6) is -2.00. The van der Waals surface area contributed by atoms with Gasteiger partial charge in [-0.2, -0.15) is 4.31 Å². The van der Waals surface area contributed by atoms with Crippen molar-refractivity contribution in [3.8, 4) is 0 Å². The number of thiophene rings is 2. The number of esters is 1. The number of sulfonamides is 1. The highest BCUT2D eigenvalue weighted by atomic mass is 32.2. The molecule has 1 aliphatic rings. The molecular weight excluding hydrogens is 450 g/mol. The van der Waals surface area contributed by atoms with Crippen molar-refractivity contribution >= 4 is 55.5 Å². The molecule has 12 heteroatoms. The largest absolute Gasteiger partial charge is 0.462 e. The van der Waals surface area contributed by atoms with Crippen molar-refractivity contribution in [3.05, 3.63) is 33.5 Å². The first-order chi connectivity index (χ1) is 14.2. The number of carbonyl (C=O) groups is 3. The third-order valence-corrected chi connectivity index (χ3v) is 9.12. The van der Waals surface area contributed by atoms with Gasteiger partial charge in [-0.15, -0.1) is 22.7 Å². The number of primary amides is 1. The number of hydrogen-bond acceptors (Lipinski definition) is 8. The van der Waals surface area contributed by atoms with Gasteiger partial charge in [-0.1, -0.05) is 6.07 Å². The molecule has 0 aliphatic carbocycles.